The summed E-state index contributed by atoms with van der Waals surface area (Å²) in [4.78, 5) is 2.72. The second-order valence-corrected chi connectivity index (χ2v) is 7.08. The summed E-state index contributed by atoms with van der Waals surface area (Å²) in [6, 6.07) is 0.798. The highest BCUT2D eigenvalue weighted by Crippen LogP contribution is 2.42. The first kappa shape index (κ1) is 13.4. The third-order valence-corrected chi connectivity index (χ3v) is 5.07. The van der Waals surface area contributed by atoms with Gasteiger partial charge in [-0.3, -0.25) is 4.90 Å². The molecule has 2 nitrogen and oxygen atoms in total. The fourth-order valence-electron chi connectivity index (χ4n) is 3.99. The first-order chi connectivity index (χ1) is 7.94. The maximum absolute atomic E-state index is 5.39. The standard InChI is InChI=1S/C15H29NO/c1-11(2)14-6-7-16(10-15(14,3)4)12-8-13(9-12)17-5/h11-14H,6-10H2,1-5H3/t12?,13?,14-/m0/s1. The highest BCUT2D eigenvalue weighted by atomic mass is 16.5. The van der Waals surface area contributed by atoms with Crippen molar-refractivity contribution >= 4 is 0 Å². The van der Waals surface area contributed by atoms with E-state index in [0.717, 1.165) is 17.9 Å². The summed E-state index contributed by atoms with van der Waals surface area (Å²) >= 11 is 0. The first-order valence-corrected chi connectivity index (χ1v) is 7.21. The highest BCUT2D eigenvalue weighted by Gasteiger charge is 2.42. The van der Waals surface area contributed by atoms with Gasteiger partial charge in [-0.1, -0.05) is 27.7 Å². The Hall–Kier alpha value is -0.0800. The number of nitrogens with zero attached hydrogens (tertiary/aromatic N) is 1. The minimum atomic E-state index is 0.477. The van der Waals surface area contributed by atoms with Gasteiger partial charge >= 0.3 is 0 Å². The second kappa shape index (κ2) is 4.89. The van der Waals surface area contributed by atoms with E-state index in [1.807, 2.05) is 7.11 Å². The molecule has 1 aliphatic carbocycles. The molecule has 0 N–H and O–H groups in total. The highest BCUT2D eigenvalue weighted by molar-refractivity contribution is 4.95. The molecular formula is C15H29NO. The van der Waals surface area contributed by atoms with Crippen molar-refractivity contribution in [1.29, 1.82) is 0 Å². The molecule has 1 heterocycles. The van der Waals surface area contributed by atoms with Gasteiger partial charge in [-0.2, -0.15) is 0 Å². The summed E-state index contributed by atoms with van der Waals surface area (Å²) in [5.41, 5.74) is 0.477. The number of rotatable bonds is 3. The zero-order valence-corrected chi connectivity index (χ0v) is 12.2. The van der Waals surface area contributed by atoms with Crippen molar-refractivity contribution in [3.63, 3.8) is 0 Å². The zero-order valence-electron chi connectivity index (χ0n) is 12.2. The number of piperidine rings is 1. The van der Waals surface area contributed by atoms with Crippen molar-refractivity contribution < 1.29 is 4.74 Å². The Morgan fingerprint density at radius 2 is 1.88 bits per heavy atom. The molecule has 2 aliphatic rings. The molecule has 2 heteroatoms. The molecule has 0 aromatic heterocycles. The van der Waals surface area contributed by atoms with E-state index in [4.69, 9.17) is 4.74 Å². The minimum absolute atomic E-state index is 0.477. The number of methoxy groups -OCH3 is 1. The normalized spacial score (nSPS) is 38.1. The van der Waals surface area contributed by atoms with Crippen LogP contribution in [-0.2, 0) is 4.74 Å². The van der Waals surface area contributed by atoms with E-state index < -0.39 is 0 Å². The van der Waals surface area contributed by atoms with Crippen LogP contribution in [0, 0.1) is 17.3 Å². The van der Waals surface area contributed by atoms with Crippen molar-refractivity contribution in [2.75, 3.05) is 20.2 Å². The van der Waals surface area contributed by atoms with Crippen LogP contribution in [0.5, 0.6) is 0 Å². The molecule has 1 atom stereocenters. The van der Waals surface area contributed by atoms with Crippen LogP contribution in [-0.4, -0.2) is 37.2 Å². The summed E-state index contributed by atoms with van der Waals surface area (Å²) in [5.74, 6) is 1.71. The average Bonchev–Trinajstić information content (AvgIpc) is 2.13. The van der Waals surface area contributed by atoms with Gasteiger partial charge in [0, 0.05) is 19.7 Å². The lowest BCUT2D eigenvalue weighted by atomic mass is 9.68. The molecule has 2 fully saturated rings. The Bertz CT molecular complexity index is 256. The smallest absolute Gasteiger partial charge is 0.0601 e. The number of likely N-dealkylation sites (tertiary alicyclic amines) is 1. The minimum Gasteiger partial charge on any atom is -0.381 e. The van der Waals surface area contributed by atoms with E-state index >= 15 is 0 Å². The van der Waals surface area contributed by atoms with Gasteiger partial charge in [-0.15, -0.1) is 0 Å². The summed E-state index contributed by atoms with van der Waals surface area (Å²) in [6.45, 7) is 12.2. The van der Waals surface area contributed by atoms with E-state index in [2.05, 4.69) is 32.6 Å². The van der Waals surface area contributed by atoms with Gasteiger partial charge in [-0.25, -0.2) is 0 Å². The molecule has 0 aromatic carbocycles. The molecule has 0 radical (unpaired) electrons. The van der Waals surface area contributed by atoms with Gasteiger partial charge in [-0.05, 0) is 43.1 Å². The van der Waals surface area contributed by atoms with Crippen LogP contribution in [0.1, 0.15) is 47.0 Å². The summed E-state index contributed by atoms with van der Waals surface area (Å²) in [7, 11) is 1.84. The lowest BCUT2D eigenvalue weighted by molar-refractivity contribution is -0.0664. The van der Waals surface area contributed by atoms with Crippen molar-refractivity contribution in [2.45, 2.75) is 59.1 Å². The summed E-state index contributed by atoms with van der Waals surface area (Å²) < 4.78 is 5.39. The number of ether oxygens (including phenoxy) is 1. The Labute approximate surface area is 107 Å². The predicted octanol–water partition coefficient (Wildman–Crippen LogP) is 3.17. The van der Waals surface area contributed by atoms with Gasteiger partial charge in [0.15, 0.2) is 0 Å². The average molecular weight is 239 g/mol. The molecule has 17 heavy (non-hydrogen) atoms. The molecular weight excluding hydrogens is 210 g/mol. The van der Waals surface area contributed by atoms with E-state index in [-0.39, 0.29) is 0 Å². The van der Waals surface area contributed by atoms with Crippen molar-refractivity contribution in [1.82, 2.24) is 4.90 Å². The van der Waals surface area contributed by atoms with Gasteiger partial charge in [0.1, 0.15) is 0 Å². The molecule has 0 spiro atoms. The first-order valence-electron chi connectivity index (χ1n) is 7.21. The Balaban J connectivity index is 1.89. The van der Waals surface area contributed by atoms with Gasteiger partial charge in [0.2, 0.25) is 0 Å². The van der Waals surface area contributed by atoms with Crippen molar-refractivity contribution in [3.05, 3.63) is 0 Å². The largest absolute Gasteiger partial charge is 0.381 e. The SMILES string of the molecule is COC1CC(N2CC[C@@H](C(C)C)C(C)(C)C2)C1. The monoisotopic (exact) mass is 239 g/mol. The van der Waals surface area contributed by atoms with Crippen molar-refractivity contribution in [2.24, 2.45) is 17.3 Å². The van der Waals surface area contributed by atoms with Crippen LogP contribution in [0.2, 0.25) is 0 Å². The molecule has 1 saturated heterocycles. The molecule has 0 bridgehead atoms. The predicted molar refractivity (Wildman–Crippen MR) is 72.1 cm³/mol. The Morgan fingerprint density at radius 1 is 1.24 bits per heavy atom. The molecule has 1 saturated carbocycles. The van der Waals surface area contributed by atoms with Crippen LogP contribution in [0.25, 0.3) is 0 Å². The third-order valence-electron chi connectivity index (χ3n) is 5.07. The second-order valence-electron chi connectivity index (χ2n) is 7.08. The van der Waals surface area contributed by atoms with Crippen LogP contribution >= 0.6 is 0 Å². The quantitative estimate of drug-likeness (QED) is 0.750. The maximum atomic E-state index is 5.39. The molecule has 0 unspecified atom stereocenters. The lowest BCUT2D eigenvalue weighted by Crippen LogP contribution is -2.55. The van der Waals surface area contributed by atoms with E-state index in [0.29, 0.717) is 11.5 Å². The van der Waals surface area contributed by atoms with Gasteiger partial charge < -0.3 is 4.74 Å². The van der Waals surface area contributed by atoms with Crippen LogP contribution in [0.4, 0.5) is 0 Å². The Kier molecular flexibility index (Phi) is 3.84. The fourth-order valence-corrected chi connectivity index (χ4v) is 3.99. The third kappa shape index (κ3) is 2.68. The van der Waals surface area contributed by atoms with Crippen LogP contribution < -0.4 is 0 Å². The van der Waals surface area contributed by atoms with Crippen LogP contribution in [0.15, 0.2) is 0 Å². The summed E-state index contributed by atoms with van der Waals surface area (Å²) in [6.07, 6.45) is 4.40. The molecule has 0 amide bonds. The van der Waals surface area contributed by atoms with Gasteiger partial charge in [0.25, 0.3) is 0 Å². The van der Waals surface area contributed by atoms with Crippen LogP contribution in [0.3, 0.4) is 0 Å². The fraction of sp³-hybridized carbons (Fsp3) is 1.00. The molecule has 2 rings (SSSR count). The topological polar surface area (TPSA) is 12.5 Å². The molecule has 0 aromatic rings. The van der Waals surface area contributed by atoms with Crippen molar-refractivity contribution in [3.8, 4) is 0 Å². The van der Waals surface area contributed by atoms with E-state index in [9.17, 15) is 0 Å². The van der Waals surface area contributed by atoms with E-state index in [1.165, 1.54) is 32.4 Å². The number of hydrogen-bond donors (Lipinski definition) is 0. The Morgan fingerprint density at radius 3 is 2.35 bits per heavy atom. The summed E-state index contributed by atoms with van der Waals surface area (Å²) in [5, 5.41) is 0. The lowest BCUT2D eigenvalue weighted by Gasteiger charge is -2.52. The molecule has 1 aliphatic heterocycles. The number of hydrogen-bond acceptors (Lipinski definition) is 2. The van der Waals surface area contributed by atoms with Gasteiger partial charge in [0.05, 0.1) is 6.10 Å². The maximum Gasteiger partial charge on any atom is 0.0601 e. The molecule has 100 valence electrons. The zero-order chi connectivity index (χ0) is 12.6. The van der Waals surface area contributed by atoms with E-state index in [1.54, 1.807) is 0 Å².